The Morgan fingerprint density at radius 3 is 2.07 bits per heavy atom. The van der Waals surface area contributed by atoms with Crippen molar-refractivity contribution in [3.63, 3.8) is 0 Å². The SMILES string of the molecule is CCCCc1cc([O-])c([O-])cc1CC. The van der Waals surface area contributed by atoms with E-state index in [4.69, 9.17) is 0 Å². The Morgan fingerprint density at radius 1 is 1.00 bits per heavy atom. The molecule has 0 saturated heterocycles. The van der Waals surface area contributed by atoms with E-state index in [2.05, 4.69) is 6.92 Å². The minimum Gasteiger partial charge on any atom is -0.873 e. The monoisotopic (exact) mass is 192 g/mol. The quantitative estimate of drug-likeness (QED) is 0.729. The van der Waals surface area contributed by atoms with Gasteiger partial charge in [-0.05, 0) is 30.4 Å². The van der Waals surface area contributed by atoms with Gasteiger partial charge in [0.15, 0.2) is 0 Å². The summed E-state index contributed by atoms with van der Waals surface area (Å²) in [5.41, 5.74) is 2.09. The van der Waals surface area contributed by atoms with Crippen molar-refractivity contribution in [2.75, 3.05) is 0 Å². The molecule has 0 aliphatic carbocycles. The number of benzene rings is 1. The zero-order valence-electron chi connectivity index (χ0n) is 8.80. The molecule has 14 heavy (non-hydrogen) atoms. The molecule has 0 atom stereocenters. The predicted octanol–water partition coefficient (Wildman–Crippen LogP) is 1.74. The summed E-state index contributed by atoms with van der Waals surface area (Å²) in [5, 5.41) is 22.3. The fourth-order valence-corrected chi connectivity index (χ4v) is 1.57. The molecule has 0 unspecified atom stereocenters. The van der Waals surface area contributed by atoms with Crippen LogP contribution in [0.2, 0.25) is 0 Å². The maximum atomic E-state index is 11.2. The highest BCUT2D eigenvalue weighted by molar-refractivity contribution is 5.44. The van der Waals surface area contributed by atoms with E-state index < -0.39 is 0 Å². The van der Waals surface area contributed by atoms with Gasteiger partial charge in [0.25, 0.3) is 0 Å². The lowest BCUT2D eigenvalue weighted by molar-refractivity contribution is -0.317. The molecule has 0 aromatic heterocycles. The molecule has 1 rings (SSSR count). The maximum Gasteiger partial charge on any atom is -0.0276 e. The highest BCUT2D eigenvalue weighted by Crippen LogP contribution is 2.25. The molecule has 0 saturated carbocycles. The summed E-state index contributed by atoms with van der Waals surface area (Å²) in [5.74, 6) is -0.740. The number of hydrogen-bond acceptors (Lipinski definition) is 2. The summed E-state index contributed by atoms with van der Waals surface area (Å²) in [6.45, 7) is 4.13. The van der Waals surface area contributed by atoms with Crippen LogP contribution >= 0.6 is 0 Å². The van der Waals surface area contributed by atoms with Crippen LogP contribution in [0.4, 0.5) is 0 Å². The maximum absolute atomic E-state index is 11.2. The Bertz CT molecular complexity index is 305. The molecule has 0 aliphatic heterocycles. The highest BCUT2D eigenvalue weighted by atomic mass is 16.3. The van der Waals surface area contributed by atoms with E-state index in [-0.39, 0.29) is 11.5 Å². The van der Waals surface area contributed by atoms with Gasteiger partial charge < -0.3 is 10.2 Å². The lowest BCUT2D eigenvalue weighted by Gasteiger charge is -2.21. The number of rotatable bonds is 4. The minimum atomic E-state index is -0.373. The molecular weight excluding hydrogens is 176 g/mol. The van der Waals surface area contributed by atoms with Gasteiger partial charge in [0, 0.05) is 0 Å². The van der Waals surface area contributed by atoms with Crippen molar-refractivity contribution in [3.8, 4) is 11.5 Å². The summed E-state index contributed by atoms with van der Waals surface area (Å²) in [6, 6.07) is 3.00. The molecule has 0 amide bonds. The third kappa shape index (κ3) is 2.41. The average Bonchev–Trinajstić information content (AvgIpc) is 2.19. The average molecular weight is 192 g/mol. The van der Waals surface area contributed by atoms with Crippen molar-refractivity contribution >= 4 is 0 Å². The second kappa shape index (κ2) is 4.89. The first kappa shape index (κ1) is 10.9. The van der Waals surface area contributed by atoms with E-state index in [0.717, 1.165) is 36.8 Å². The lowest BCUT2D eigenvalue weighted by atomic mass is 9.99. The van der Waals surface area contributed by atoms with E-state index in [1.165, 1.54) is 12.1 Å². The van der Waals surface area contributed by atoms with Gasteiger partial charge in [-0.1, -0.05) is 32.4 Å². The second-order valence-electron chi connectivity index (χ2n) is 3.52. The Morgan fingerprint density at radius 2 is 1.57 bits per heavy atom. The molecular formula is C12H16O2-2. The summed E-state index contributed by atoms with van der Waals surface area (Å²) in [4.78, 5) is 0. The third-order valence-corrected chi connectivity index (χ3v) is 2.45. The Labute approximate surface area is 85.2 Å². The van der Waals surface area contributed by atoms with Crippen molar-refractivity contribution in [1.29, 1.82) is 0 Å². The summed E-state index contributed by atoms with van der Waals surface area (Å²) < 4.78 is 0. The molecule has 0 spiro atoms. The van der Waals surface area contributed by atoms with Crippen LogP contribution < -0.4 is 10.2 Å². The van der Waals surface area contributed by atoms with Gasteiger partial charge in [-0.2, -0.15) is 0 Å². The first-order valence-electron chi connectivity index (χ1n) is 5.18. The highest BCUT2D eigenvalue weighted by Gasteiger charge is 1.99. The molecule has 0 N–H and O–H groups in total. The zero-order valence-corrected chi connectivity index (χ0v) is 8.80. The van der Waals surface area contributed by atoms with Gasteiger partial charge in [-0.15, -0.1) is 11.5 Å². The first-order valence-corrected chi connectivity index (χ1v) is 5.18. The predicted molar refractivity (Wildman–Crippen MR) is 53.3 cm³/mol. The molecule has 78 valence electrons. The summed E-state index contributed by atoms with van der Waals surface area (Å²) >= 11 is 0. The smallest absolute Gasteiger partial charge is 0.0276 e. The van der Waals surface area contributed by atoms with Crippen LogP contribution in [-0.2, 0) is 12.8 Å². The van der Waals surface area contributed by atoms with Crippen molar-refractivity contribution in [1.82, 2.24) is 0 Å². The van der Waals surface area contributed by atoms with Gasteiger partial charge in [0.1, 0.15) is 0 Å². The first-order chi connectivity index (χ1) is 6.69. The molecule has 0 radical (unpaired) electrons. The van der Waals surface area contributed by atoms with Crippen molar-refractivity contribution in [2.45, 2.75) is 39.5 Å². The normalized spacial score (nSPS) is 10.4. The van der Waals surface area contributed by atoms with Crippen LogP contribution in [-0.4, -0.2) is 0 Å². The number of aryl methyl sites for hydroxylation is 2. The topological polar surface area (TPSA) is 46.1 Å². The molecule has 2 heteroatoms. The number of hydrogen-bond donors (Lipinski definition) is 0. The molecule has 1 aromatic rings. The lowest BCUT2D eigenvalue weighted by Crippen LogP contribution is -2.03. The number of unbranched alkanes of at least 4 members (excludes halogenated alkanes) is 1. The molecule has 1 aromatic carbocycles. The van der Waals surface area contributed by atoms with Crippen molar-refractivity contribution in [3.05, 3.63) is 23.3 Å². The van der Waals surface area contributed by atoms with Gasteiger partial charge in [-0.25, -0.2) is 0 Å². The van der Waals surface area contributed by atoms with E-state index in [1.807, 2.05) is 6.92 Å². The standard InChI is InChI=1S/C12H18O2/c1-3-5-6-10-8-12(14)11(13)7-9(10)4-2/h7-8,13-14H,3-6H2,1-2H3/p-2. The molecule has 0 bridgehead atoms. The van der Waals surface area contributed by atoms with E-state index in [1.54, 1.807) is 0 Å². The van der Waals surface area contributed by atoms with Crippen LogP contribution in [0.3, 0.4) is 0 Å². The minimum absolute atomic E-state index is 0.367. The fourth-order valence-electron chi connectivity index (χ4n) is 1.57. The molecule has 0 aliphatic rings. The van der Waals surface area contributed by atoms with Gasteiger partial charge in [0.05, 0.1) is 0 Å². The molecule has 0 fully saturated rings. The zero-order chi connectivity index (χ0) is 10.6. The van der Waals surface area contributed by atoms with Crippen LogP contribution in [0.25, 0.3) is 0 Å². The van der Waals surface area contributed by atoms with Crippen molar-refractivity contribution in [2.24, 2.45) is 0 Å². The third-order valence-electron chi connectivity index (χ3n) is 2.45. The van der Waals surface area contributed by atoms with Gasteiger partial charge in [-0.3, -0.25) is 0 Å². The van der Waals surface area contributed by atoms with E-state index in [0.29, 0.717) is 0 Å². The van der Waals surface area contributed by atoms with Crippen LogP contribution in [0, 0.1) is 0 Å². The van der Waals surface area contributed by atoms with Gasteiger partial charge >= 0.3 is 0 Å². The Balaban J connectivity index is 2.95. The molecule has 2 nitrogen and oxygen atoms in total. The molecule has 0 heterocycles. The Kier molecular flexibility index (Phi) is 3.81. The largest absolute Gasteiger partial charge is 0.873 e. The van der Waals surface area contributed by atoms with Crippen LogP contribution in [0.15, 0.2) is 12.1 Å². The van der Waals surface area contributed by atoms with Crippen LogP contribution in [0.1, 0.15) is 37.8 Å². The van der Waals surface area contributed by atoms with Crippen LogP contribution in [0.5, 0.6) is 11.5 Å². The second-order valence-corrected chi connectivity index (χ2v) is 3.52. The van der Waals surface area contributed by atoms with Crippen molar-refractivity contribution < 1.29 is 10.2 Å². The van der Waals surface area contributed by atoms with Gasteiger partial charge in [0.2, 0.25) is 0 Å². The van der Waals surface area contributed by atoms with E-state index >= 15 is 0 Å². The summed E-state index contributed by atoms with van der Waals surface area (Å²) in [6.07, 6.45) is 3.92. The Hall–Kier alpha value is -1.18. The fraction of sp³-hybridized carbons (Fsp3) is 0.500. The van der Waals surface area contributed by atoms with E-state index in [9.17, 15) is 10.2 Å². The summed E-state index contributed by atoms with van der Waals surface area (Å²) in [7, 11) is 0.